The molecule has 0 spiro atoms. The highest BCUT2D eigenvalue weighted by atomic mass is 79.9. The molecule has 0 unspecified atom stereocenters. The molecule has 0 bridgehead atoms. The van der Waals surface area contributed by atoms with Gasteiger partial charge in [-0.2, -0.15) is 0 Å². The number of fused-ring (bicyclic) bond motifs is 1. The van der Waals surface area contributed by atoms with Crippen LogP contribution in [0.25, 0.3) is 10.9 Å². The first-order valence-corrected chi connectivity index (χ1v) is 6.65. The SMILES string of the molecule is O=C(c1ccncc1F)c1nc2ccccc2cc1Br. The Morgan fingerprint density at radius 2 is 2.00 bits per heavy atom. The molecule has 3 nitrogen and oxygen atoms in total. The minimum absolute atomic E-state index is 0.0384. The molecule has 2 heterocycles. The van der Waals surface area contributed by atoms with Crippen molar-refractivity contribution in [3.63, 3.8) is 0 Å². The standard InChI is InChI=1S/C15H8BrFN2O/c16-11-7-9-3-1-2-4-13(9)19-14(11)15(20)10-5-6-18-8-12(10)17/h1-8H. The average Bonchev–Trinajstić information content (AvgIpc) is 2.46. The van der Waals surface area contributed by atoms with Gasteiger partial charge in [-0.15, -0.1) is 0 Å². The molecule has 3 aromatic rings. The maximum Gasteiger partial charge on any atom is 0.215 e. The number of ketones is 1. The Balaban J connectivity index is 2.17. The lowest BCUT2D eigenvalue weighted by Gasteiger charge is -2.06. The second-order valence-corrected chi connectivity index (χ2v) is 5.05. The number of pyridine rings is 2. The molecule has 2 aromatic heterocycles. The summed E-state index contributed by atoms with van der Waals surface area (Å²) in [7, 11) is 0. The van der Waals surface area contributed by atoms with Crippen molar-refractivity contribution < 1.29 is 9.18 Å². The summed E-state index contributed by atoms with van der Waals surface area (Å²) >= 11 is 3.32. The van der Waals surface area contributed by atoms with Gasteiger partial charge in [0.1, 0.15) is 5.69 Å². The van der Waals surface area contributed by atoms with Crippen molar-refractivity contribution in [3.05, 3.63) is 70.3 Å². The first kappa shape index (κ1) is 12.9. The minimum Gasteiger partial charge on any atom is -0.287 e. The van der Waals surface area contributed by atoms with Gasteiger partial charge >= 0.3 is 0 Å². The summed E-state index contributed by atoms with van der Waals surface area (Å²) < 4.78 is 14.2. The third-order valence-electron chi connectivity index (χ3n) is 2.91. The Kier molecular flexibility index (Phi) is 3.28. The Morgan fingerprint density at radius 3 is 2.80 bits per heavy atom. The van der Waals surface area contributed by atoms with Crippen LogP contribution >= 0.6 is 15.9 Å². The lowest BCUT2D eigenvalue weighted by atomic mass is 10.1. The van der Waals surface area contributed by atoms with Gasteiger partial charge in [0.2, 0.25) is 5.78 Å². The van der Waals surface area contributed by atoms with Gasteiger partial charge < -0.3 is 0 Å². The number of hydrogen-bond acceptors (Lipinski definition) is 3. The van der Waals surface area contributed by atoms with Crippen molar-refractivity contribution in [2.45, 2.75) is 0 Å². The molecule has 0 saturated carbocycles. The smallest absolute Gasteiger partial charge is 0.215 e. The molecular formula is C15H8BrFN2O. The Bertz CT molecular complexity index is 820. The van der Waals surface area contributed by atoms with Crippen molar-refractivity contribution in [1.29, 1.82) is 0 Å². The van der Waals surface area contributed by atoms with E-state index in [0.717, 1.165) is 11.6 Å². The number of benzene rings is 1. The van der Waals surface area contributed by atoms with Gasteiger partial charge in [-0.05, 0) is 34.1 Å². The summed E-state index contributed by atoms with van der Waals surface area (Å²) in [6.45, 7) is 0. The molecule has 5 heteroatoms. The van der Waals surface area contributed by atoms with Crippen LogP contribution in [0.15, 0.2) is 53.3 Å². The molecule has 0 saturated heterocycles. The van der Waals surface area contributed by atoms with Crippen LogP contribution in [0.1, 0.15) is 16.1 Å². The predicted molar refractivity (Wildman–Crippen MR) is 77.1 cm³/mol. The number of rotatable bonds is 2. The van der Waals surface area contributed by atoms with E-state index < -0.39 is 11.6 Å². The fraction of sp³-hybridized carbons (Fsp3) is 0. The molecule has 0 radical (unpaired) electrons. The van der Waals surface area contributed by atoms with Gasteiger partial charge in [0.15, 0.2) is 5.82 Å². The molecule has 3 rings (SSSR count). The van der Waals surface area contributed by atoms with Gasteiger partial charge in [-0.3, -0.25) is 9.78 Å². The van der Waals surface area contributed by atoms with Crippen molar-refractivity contribution >= 4 is 32.6 Å². The Hall–Kier alpha value is -2.14. The Morgan fingerprint density at radius 1 is 1.20 bits per heavy atom. The Labute approximate surface area is 122 Å². The molecule has 0 N–H and O–H groups in total. The van der Waals surface area contributed by atoms with E-state index in [1.165, 1.54) is 12.3 Å². The summed E-state index contributed by atoms with van der Waals surface area (Å²) in [4.78, 5) is 20.3. The van der Waals surface area contributed by atoms with Crippen molar-refractivity contribution in [1.82, 2.24) is 9.97 Å². The van der Waals surface area contributed by atoms with E-state index in [1.54, 1.807) is 6.07 Å². The minimum atomic E-state index is -0.653. The lowest BCUT2D eigenvalue weighted by molar-refractivity contribution is 0.103. The van der Waals surface area contributed by atoms with Gasteiger partial charge in [-0.25, -0.2) is 9.37 Å². The molecule has 0 fully saturated rings. The average molecular weight is 331 g/mol. The fourth-order valence-electron chi connectivity index (χ4n) is 1.94. The quantitative estimate of drug-likeness (QED) is 0.672. The van der Waals surface area contributed by atoms with Crippen LogP contribution in [0.3, 0.4) is 0 Å². The summed E-state index contributed by atoms with van der Waals surface area (Å²) in [5, 5.41) is 0.908. The molecule has 1 aromatic carbocycles. The maximum atomic E-state index is 13.6. The zero-order chi connectivity index (χ0) is 14.1. The third-order valence-corrected chi connectivity index (χ3v) is 3.51. The van der Waals surface area contributed by atoms with Crippen LogP contribution in [-0.2, 0) is 0 Å². The van der Waals surface area contributed by atoms with Crippen molar-refractivity contribution in [2.75, 3.05) is 0 Å². The van der Waals surface area contributed by atoms with Crippen LogP contribution < -0.4 is 0 Å². The van der Waals surface area contributed by atoms with Crippen LogP contribution in [0.5, 0.6) is 0 Å². The zero-order valence-corrected chi connectivity index (χ0v) is 11.8. The second kappa shape index (κ2) is 5.09. The number of carbonyl (C=O) groups excluding carboxylic acids is 1. The molecule has 0 amide bonds. The summed E-state index contributed by atoms with van der Waals surface area (Å²) in [6.07, 6.45) is 2.40. The number of para-hydroxylation sites is 1. The van der Waals surface area contributed by atoms with Crippen LogP contribution in [0.2, 0.25) is 0 Å². The normalized spacial score (nSPS) is 10.7. The molecule has 0 aliphatic rings. The summed E-state index contributed by atoms with van der Waals surface area (Å²) in [5.41, 5.74) is 0.839. The van der Waals surface area contributed by atoms with Gasteiger partial charge in [0, 0.05) is 16.1 Å². The van der Waals surface area contributed by atoms with Crippen molar-refractivity contribution in [3.8, 4) is 0 Å². The van der Waals surface area contributed by atoms with Gasteiger partial charge in [-0.1, -0.05) is 18.2 Å². The van der Waals surface area contributed by atoms with Crippen LogP contribution in [0.4, 0.5) is 4.39 Å². The largest absolute Gasteiger partial charge is 0.287 e. The van der Waals surface area contributed by atoms with E-state index in [9.17, 15) is 9.18 Å². The van der Waals surface area contributed by atoms with E-state index >= 15 is 0 Å². The van der Waals surface area contributed by atoms with E-state index in [0.29, 0.717) is 9.99 Å². The number of carbonyl (C=O) groups is 1. The van der Waals surface area contributed by atoms with Crippen molar-refractivity contribution in [2.24, 2.45) is 0 Å². The highest BCUT2D eigenvalue weighted by molar-refractivity contribution is 9.10. The first-order valence-electron chi connectivity index (χ1n) is 5.86. The van der Waals surface area contributed by atoms with E-state index in [2.05, 4.69) is 25.9 Å². The monoisotopic (exact) mass is 330 g/mol. The summed E-state index contributed by atoms with van der Waals surface area (Å²) in [5.74, 6) is -1.12. The van der Waals surface area contributed by atoms with E-state index in [4.69, 9.17) is 0 Å². The molecule has 0 aliphatic carbocycles. The van der Waals surface area contributed by atoms with E-state index in [-0.39, 0.29) is 11.3 Å². The molecule has 20 heavy (non-hydrogen) atoms. The highest BCUT2D eigenvalue weighted by Gasteiger charge is 2.18. The van der Waals surface area contributed by atoms with Gasteiger partial charge in [0.25, 0.3) is 0 Å². The lowest BCUT2D eigenvalue weighted by Crippen LogP contribution is -2.08. The molecule has 0 aliphatic heterocycles. The number of aromatic nitrogens is 2. The molecule has 98 valence electrons. The molecular weight excluding hydrogens is 323 g/mol. The number of hydrogen-bond donors (Lipinski definition) is 0. The maximum absolute atomic E-state index is 13.6. The first-order chi connectivity index (χ1) is 9.66. The zero-order valence-electron chi connectivity index (χ0n) is 10.2. The summed E-state index contributed by atoms with van der Waals surface area (Å²) in [6, 6.07) is 10.6. The second-order valence-electron chi connectivity index (χ2n) is 4.20. The van der Waals surface area contributed by atoms with Gasteiger partial charge in [0.05, 0.1) is 17.3 Å². The predicted octanol–water partition coefficient (Wildman–Crippen LogP) is 3.76. The highest BCUT2D eigenvalue weighted by Crippen LogP contribution is 2.24. The van der Waals surface area contributed by atoms with E-state index in [1.807, 2.05) is 24.3 Å². The number of halogens is 2. The number of nitrogens with zero attached hydrogens (tertiary/aromatic N) is 2. The fourth-order valence-corrected chi connectivity index (χ4v) is 2.45. The topological polar surface area (TPSA) is 42.9 Å². The van der Waals surface area contributed by atoms with Crippen LogP contribution in [0, 0.1) is 5.82 Å². The third kappa shape index (κ3) is 2.20. The molecule has 0 atom stereocenters. The van der Waals surface area contributed by atoms with Crippen LogP contribution in [-0.4, -0.2) is 15.8 Å².